The van der Waals surface area contributed by atoms with Gasteiger partial charge in [-0.25, -0.2) is 12.8 Å². The molecular weight excluding hydrogens is 363 g/mol. The highest BCUT2D eigenvalue weighted by atomic mass is 32.2. The molecule has 3 rings (SSSR count). The molecule has 8 heteroatoms. The molecule has 1 aromatic heterocycles. The maximum absolute atomic E-state index is 12.9. The second-order valence-corrected chi connectivity index (χ2v) is 9.39. The number of aryl methyl sites for hydroxylation is 1. The van der Waals surface area contributed by atoms with E-state index in [1.807, 2.05) is 6.92 Å². The Bertz CT molecular complexity index is 862. The van der Waals surface area contributed by atoms with Crippen LogP contribution >= 0.6 is 11.3 Å². The van der Waals surface area contributed by atoms with Crippen LogP contribution in [0, 0.1) is 12.7 Å². The van der Waals surface area contributed by atoms with E-state index in [0.29, 0.717) is 19.4 Å². The van der Waals surface area contributed by atoms with Crippen molar-refractivity contribution in [1.29, 1.82) is 0 Å². The van der Waals surface area contributed by atoms with Crippen LogP contribution in [0.1, 0.15) is 23.3 Å². The highest BCUT2D eigenvalue weighted by molar-refractivity contribution is 7.91. The van der Waals surface area contributed by atoms with Gasteiger partial charge in [0.2, 0.25) is 5.91 Å². The summed E-state index contributed by atoms with van der Waals surface area (Å²) in [7, 11) is -3.66. The van der Waals surface area contributed by atoms with Gasteiger partial charge < -0.3 is 5.32 Å². The quantitative estimate of drug-likeness (QED) is 0.865. The Morgan fingerprint density at radius 3 is 2.64 bits per heavy atom. The number of hydrogen-bond donors (Lipinski definition) is 1. The number of amides is 1. The van der Waals surface area contributed by atoms with Crippen LogP contribution in [0.5, 0.6) is 0 Å². The van der Waals surface area contributed by atoms with Crippen molar-refractivity contribution in [3.63, 3.8) is 0 Å². The summed E-state index contributed by atoms with van der Waals surface area (Å²) in [6, 6.07) is 8.48. The molecule has 2 aromatic rings. The minimum absolute atomic E-state index is 0.238. The molecule has 1 fully saturated rings. The Kier molecular flexibility index (Phi) is 5.21. The van der Waals surface area contributed by atoms with E-state index in [1.54, 1.807) is 24.3 Å². The van der Waals surface area contributed by atoms with Gasteiger partial charge in [0.15, 0.2) is 0 Å². The number of benzene rings is 1. The zero-order valence-electron chi connectivity index (χ0n) is 13.7. The van der Waals surface area contributed by atoms with Gasteiger partial charge in [-0.1, -0.05) is 12.1 Å². The van der Waals surface area contributed by atoms with Crippen molar-refractivity contribution >= 4 is 27.3 Å². The van der Waals surface area contributed by atoms with Crippen molar-refractivity contribution in [3.05, 3.63) is 52.7 Å². The van der Waals surface area contributed by atoms with Gasteiger partial charge in [-0.05, 0) is 49.6 Å². The standard InChI is InChI=1S/C17H19FN2O3S2/c1-12-4-9-16(24-12)25(22,23)20-10-2-3-15(20)17(21)19-11-13-5-7-14(18)8-6-13/h4-9,15H,2-3,10-11H2,1H3,(H,19,21)/t15-/m1/s1. The topological polar surface area (TPSA) is 66.5 Å². The maximum atomic E-state index is 12.9. The lowest BCUT2D eigenvalue weighted by Crippen LogP contribution is -2.45. The third-order valence-corrected chi connectivity index (χ3v) is 7.54. The largest absolute Gasteiger partial charge is 0.351 e. The number of carbonyl (C=O) groups is 1. The van der Waals surface area contributed by atoms with E-state index < -0.39 is 16.1 Å². The van der Waals surface area contributed by atoms with Crippen LogP contribution < -0.4 is 5.32 Å². The molecule has 1 atom stereocenters. The zero-order chi connectivity index (χ0) is 18.0. The molecule has 1 saturated heterocycles. The van der Waals surface area contributed by atoms with Crippen LogP contribution in [0.2, 0.25) is 0 Å². The Labute approximate surface area is 150 Å². The van der Waals surface area contributed by atoms with E-state index in [-0.39, 0.29) is 22.5 Å². The SMILES string of the molecule is Cc1ccc(S(=O)(=O)N2CCC[C@@H]2C(=O)NCc2ccc(F)cc2)s1. The summed E-state index contributed by atoms with van der Waals surface area (Å²) in [5.74, 6) is -0.659. The Balaban J connectivity index is 1.70. The molecule has 0 unspecified atom stereocenters. The van der Waals surface area contributed by atoms with Gasteiger partial charge in [-0.2, -0.15) is 4.31 Å². The summed E-state index contributed by atoms with van der Waals surface area (Å²) < 4.78 is 40.1. The fourth-order valence-corrected chi connectivity index (χ4v) is 5.93. The molecule has 0 saturated carbocycles. The molecule has 1 N–H and O–H groups in total. The highest BCUT2D eigenvalue weighted by Gasteiger charge is 2.39. The molecule has 134 valence electrons. The molecular formula is C17H19FN2O3S2. The van der Waals surface area contributed by atoms with E-state index in [9.17, 15) is 17.6 Å². The van der Waals surface area contributed by atoms with Gasteiger partial charge >= 0.3 is 0 Å². The molecule has 0 spiro atoms. The van der Waals surface area contributed by atoms with Crippen molar-refractivity contribution in [2.75, 3.05) is 6.54 Å². The Morgan fingerprint density at radius 1 is 1.28 bits per heavy atom. The first-order valence-corrected chi connectivity index (χ1v) is 10.2. The fourth-order valence-electron chi connectivity index (χ4n) is 2.87. The molecule has 1 amide bonds. The molecule has 0 aliphatic carbocycles. The molecule has 1 aromatic carbocycles. The second kappa shape index (κ2) is 7.23. The number of carbonyl (C=O) groups excluding carboxylic acids is 1. The van der Waals surface area contributed by atoms with E-state index in [0.717, 1.165) is 10.4 Å². The van der Waals surface area contributed by atoms with Crippen LogP contribution in [0.4, 0.5) is 4.39 Å². The number of nitrogens with one attached hydrogen (secondary N) is 1. The van der Waals surface area contributed by atoms with Crippen molar-refractivity contribution < 1.29 is 17.6 Å². The smallest absolute Gasteiger partial charge is 0.253 e. The molecule has 5 nitrogen and oxygen atoms in total. The number of rotatable bonds is 5. The minimum Gasteiger partial charge on any atom is -0.351 e. The van der Waals surface area contributed by atoms with Crippen molar-refractivity contribution in [2.24, 2.45) is 0 Å². The van der Waals surface area contributed by atoms with Gasteiger partial charge in [0.05, 0.1) is 0 Å². The minimum atomic E-state index is -3.66. The predicted molar refractivity (Wildman–Crippen MR) is 94.2 cm³/mol. The number of sulfonamides is 1. The third kappa shape index (κ3) is 3.91. The van der Waals surface area contributed by atoms with Gasteiger partial charge in [-0.3, -0.25) is 4.79 Å². The average molecular weight is 382 g/mol. The number of hydrogen-bond acceptors (Lipinski definition) is 4. The number of thiophene rings is 1. The molecule has 1 aliphatic heterocycles. The van der Waals surface area contributed by atoms with Gasteiger partial charge in [0.25, 0.3) is 10.0 Å². The number of halogens is 1. The van der Waals surface area contributed by atoms with E-state index in [1.165, 1.54) is 27.8 Å². The lowest BCUT2D eigenvalue weighted by Gasteiger charge is -2.22. The number of nitrogens with zero attached hydrogens (tertiary/aromatic N) is 1. The van der Waals surface area contributed by atoms with Crippen LogP contribution in [0.3, 0.4) is 0 Å². The normalized spacial score (nSPS) is 18.4. The molecule has 2 heterocycles. The summed E-state index contributed by atoms with van der Waals surface area (Å²) >= 11 is 1.21. The molecule has 25 heavy (non-hydrogen) atoms. The first-order valence-electron chi connectivity index (χ1n) is 7.98. The van der Waals surface area contributed by atoms with Crippen LogP contribution in [0.25, 0.3) is 0 Å². The molecule has 1 aliphatic rings. The summed E-state index contributed by atoms with van der Waals surface area (Å²) in [6.45, 7) is 2.43. The fraction of sp³-hybridized carbons (Fsp3) is 0.353. The van der Waals surface area contributed by atoms with Crippen molar-refractivity contribution in [3.8, 4) is 0 Å². The molecule has 0 bridgehead atoms. The van der Waals surface area contributed by atoms with Gasteiger partial charge in [0.1, 0.15) is 16.1 Å². The lowest BCUT2D eigenvalue weighted by atomic mass is 10.2. The van der Waals surface area contributed by atoms with E-state index in [4.69, 9.17) is 0 Å². The maximum Gasteiger partial charge on any atom is 0.253 e. The summed E-state index contributed by atoms with van der Waals surface area (Å²) in [5, 5.41) is 2.76. The van der Waals surface area contributed by atoms with Gasteiger partial charge in [0, 0.05) is 18.0 Å². The van der Waals surface area contributed by atoms with Crippen LogP contribution in [0.15, 0.2) is 40.6 Å². The zero-order valence-corrected chi connectivity index (χ0v) is 15.4. The lowest BCUT2D eigenvalue weighted by molar-refractivity contribution is -0.124. The Morgan fingerprint density at radius 2 is 2.00 bits per heavy atom. The average Bonchev–Trinajstić information content (AvgIpc) is 3.23. The van der Waals surface area contributed by atoms with E-state index >= 15 is 0 Å². The molecule has 0 radical (unpaired) electrons. The van der Waals surface area contributed by atoms with Crippen LogP contribution in [-0.4, -0.2) is 31.2 Å². The summed E-state index contributed by atoms with van der Waals surface area (Å²) in [5.41, 5.74) is 0.760. The Hall–Kier alpha value is -1.77. The summed E-state index contributed by atoms with van der Waals surface area (Å²) in [4.78, 5) is 13.4. The first-order chi connectivity index (χ1) is 11.9. The third-order valence-electron chi connectivity index (χ3n) is 4.17. The summed E-state index contributed by atoms with van der Waals surface area (Å²) in [6.07, 6.45) is 1.15. The van der Waals surface area contributed by atoms with Crippen molar-refractivity contribution in [1.82, 2.24) is 9.62 Å². The predicted octanol–water partition coefficient (Wildman–Crippen LogP) is 2.67. The monoisotopic (exact) mass is 382 g/mol. The highest BCUT2D eigenvalue weighted by Crippen LogP contribution is 2.30. The second-order valence-electron chi connectivity index (χ2n) is 5.98. The van der Waals surface area contributed by atoms with Crippen molar-refractivity contribution in [2.45, 2.75) is 36.6 Å². The van der Waals surface area contributed by atoms with Crippen LogP contribution in [-0.2, 0) is 21.4 Å². The van der Waals surface area contributed by atoms with Gasteiger partial charge in [-0.15, -0.1) is 11.3 Å². The van der Waals surface area contributed by atoms with E-state index in [2.05, 4.69) is 5.32 Å². The first kappa shape index (κ1) is 18.0.